The van der Waals surface area contributed by atoms with Gasteiger partial charge in [-0.3, -0.25) is 4.79 Å². The van der Waals surface area contributed by atoms with Crippen LogP contribution in [0, 0.1) is 0 Å². The van der Waals surface area contributed by atoms with E-state index in [0.717, 1.165) is 11.1 Å². The summed E-state index contributed by atoms with van der Waals surface area (Å²) in [5, 5.41) is 1.16. The Kier molecular flexibility index (Phi) is 2.23. The van der Waals surface area contributed by atoms with Crippen LogP contribution in [-0.2, 0) is 11.8 Å². The molecule has 0 spiro atoms. The van der Waals surface area contributed by atoms with E-state index in [2.05, 4.69) is 4.57 Å². The summed E-state index contributed by atoms with van der Waals surface area (Å²) >= 11 is 0. The van der Waals surface area contributed by atoms with Crippen LogP contribution >= 0.6 is 0 Å². The summed E-state index contributed by atoms with van der Waals surface area (Å²) in [6.07, 6.45) is 2.02. The number of nitrogens with zero attached hydrogens (tertiary/aromatic N) is 2. The maximum atomic E-state index is 11.2. The number of rotatable bonds is 1. The topological polar surface area (TPSA) is 25.2 Å². The minimum absolute atomic E-state index is 0.0466. The minimum Gasteiger partial charge on any atom is -0.351 e. The van der Waals surface area contributed by atoms with Gasteiger partial charge in [0.1, 0.15) is 0 Å². The Morgan fingerprint density at radius 1 is 1.33 bits per heavy atom. The molecule has 1 aromatic heterocycles. The van der Waals surface area contributed by atoms with E-state index >= 15 is 0 Å². The lowest BCUT2D eigenvalue weighted by atomic mass is 10.2. The third kappa shape index (κ3) is 1.61. The molecule has 0 atom stereocenters. The highest BCUT2D eigenvalue weighted by Gasteiger charge is 2.06. The highest BCUT2D eigenvalue weighted by atomic mass is 16.2. The SMILES string of the molecule is CC(=O)N(C)c1ccc2c(ccn2C)c1. The molecular formula is C12H14N2O. The van der Waals surface area contributed by atoms with Gasteiger partial charge in [-0.2, -0.15) is 0 Å². The number of hydrogen-bond acceptors (Lipinski definition) is 1. The molecule has 2 aromatic rings. The molecule has 1 aromatic carbocycles. The van der Waals surface area contributed by atoms with Crippen molar-refractivity contribution in [2.24, 2.45) is 7.05 Å². The van der Waals surface area contributed by atoms with Gasteiger partial charge in [-0.1, -0.05) is 0 Å². The van der Waals surface area contributed by atoms with Crippen LogP contribution in [0.4, 0.5) is 5.69 Å². The van der Waals surface area contributed by atoms with Crippen molar-refractivity contribution in [1.29, 1.82) is 0 Å². The lowest BCUT2D eigenvalue weighted by Gasteiger charge is -2.14. The van der Waals surface area contributed by atoms with Crippen LogP contribution in [0.2, 0.25) is 0 Å². The molecule has 0 fully saturated rings. The van der Waals surface area contributed by atoms with E-state index in [0.29, 0.717) is 0 Å². The van der Waals surface area contributed by atoms with Gasteiger partial charge >= 0.3 is 0 Å². The van der Waals surface area contributed by atoms with Gasteiger partial charge in [0.2, 0.25) is 5.91 Å². The fourth-order valence-corrected chi connectivity index (χ4v) is 1.66. The van der Waals surface area contributed by atoms with Crippen LogP contribution in [0.15, 0.2) is 30.5 Å². The quantitative estimate of drug-likeness (QED) is 0.695. The molecule has 0 aliphatic rings. The van der Waals surface area contributed by atoms with E-state index in [4.69, 9.17) is 0 Å². The van der Waals surface area contributed by atoms with Crippen LogP contribution in [0.1, 0.15) is 6.92 Å². The molecule has 0 saturated carbocycles. The predicted molar refractivity (Wildman–Crippen MR) is 62.0 cm³/mol. The smallest absolute Gasteiger partial charge is 0.223 e. The monoisotopic (exact) mass is 202 g/mol. The molecule has 3 heteroatoms. The molecule has 3 nitrogen and oxygen atoms in total. The fourth-order valence-electron chi connectivity index (χ4n) is 1.66. The van der Waals surface area contributed by atoms with Crippen LogP contribution in [0.5, 0.6) is 0 Å². The first-order valence-corrected chi connectivity index (χ1v) is 4.89. The standard InChI is InChI=1S/C12H14N2O/c1-9(15)14(3)11-4-5-12-10(8-11)6-7-13(12)2/h4-8H,1-3H3. The number of benzene rings is 1. The van der Waals surface area contributed by atoms with E-state index in [9.17, 15) is 4.79 Å². The third-order valence-corrected chi connectivity index (χ3v) is 2.73. The molecule has 0 aliphatic heterocycles. The van der Waals surface area contributed by atoms with Crippen molar-refractivity contribution in [3.63, 3.8) is 0 Å². The number of aromatic nitrogens is 1. The van der Waals surface area contributed by atoms with Gasteiger partial charge in [-0.25, -0.2) is 0 Å². The molecule has 1 amide bonds. The Morgan fingerprint density at radius 2 is 2.07 bits per heavy atom. The second-order valence-electron chi connectivity index (χ2n) is 3.75. The molecule has 0 bridgehead atoms. The number of carbonyl (C=O) groups is 1. The average Bonchev–Trinajstić information content (AvgIpc) is 2.59. The highest BCUT2D eigenvalue weighted by molar-refractivity contribution is 5.94. The van der Waals surface area contributed by atoms with Crippen molar-refractivity contribution in [2.45, 2.75) is 6.92 Å². The zero-order chi connectivity index (χ0) is 11.0. The highest BCUT2D eigenvalue weighted by Crippen LogP contribution is 2.21. The van der Waals surface area contributed by atoms with Gasteiger partial charge in [-0.15, -0.1) is 0 Å². The molecule has 0 saturated heterocycles. The summed E-state index contributed by atoms with van der Waals surface area (Å²) in [5.74, 6) is 0.0466. The lowest BCUT2D eigenvalue weighted by Crippen LogP contribution is -2.22. The van der Waals surface area contributed by atoms with Crippen molar-refractivity contribution in [3.8, 4) is 0 Å². The first kappa shape index (κ1) is 9.77. The van der Waals surface area contributed by atoms with E-state index in [1.54, 1.807) is 18.9 Å². The number of carbonyl (C=O) groups excluding carboxylic acids is 1. The van der Waals surface area contributed by atoms with Gasteiger partial charge in [0.15, 0.2) is 0 Å². The maximum absolute atomic E-state index is 11.2. The van der Waals surface area contributed by atoms with Crippen LogP contribution in [-0.4, -0.2) is 17.5 Å². The van der Waals surface area contributed by atoms with Crippen molar-refractivity contribution in [1.82, 2.24) is 4.57 Å². The summed E-state index contributed by atoms with van der Waals surface area (Å²) < 4.78 is 2.06. The molecule has 1 heterocycles. The number of amides is 1. The van der Waals surface area contributed by atoms with Crippen LogP contribution in [0.3, 0.4) is 0 Å². The first-order valence-electron chi connectivity index (χ1n) is 4.89. The van der Waals surface area contributed by atoms with Gasteiger partial charge in [0.05, 0.1) is 0 Å². The van der Waals surface area contributed by atoms with Gasteiger partial charge in [0, 0.05) is 43.8 Å². The molecular weight excluding hydrogens is 188 g/mol. The number of hydrogen-bond donors (Lipinski definition) is 0. The average molecular weight is 202 g/mol. The molecule has 78 valence electrons. The largest absolute Gasteiger partial charge is 0.351 e. The van der Waals surface area contributed by atoms with E-state index in [1.165, 1.54) is 5.52 Å². The summed E-state index contributed by atoms with van der Waals surface area (Å²) in [6.45, 7) is 1.56. The summed E-state index contributed by atoms with van der Waals surface area (Å²) in [4.78, 5) is 12.9. The van der Waals surface area contributed by atoms with Gasteiger partial charge in [0.25, 0.3) is 0 Å². The van der Waals surface area contributed by atoms with Gasteiger partial charge in [-0.05, 0) is 24.3 Å². The number of aryl methyl sites for hydroxylation is 1. The molecule has 2 rings (SSSR count). The van der Waals surface area contributed by atoms with Crippen LogP contribution in [0.25, 0.3) is 10.9 Å². The molecule has 0 radical (unpaired) electrons. The second kappa shape index (κ2) is 3.42. The van der Waals surface area contributed by atoms with Gasteiger partial charge < -0.3 is 9.47 Å². The van der Waals surface area contributed by atoms with Crippen LogP contribution < -0.4 is 4.90 Å². The van der Waals surface area contributed by atoms with Crippen molar-refractivity contribution in [3.05, 3.63) is 30.5 Å². The minimum atomic E-state index is 0.0466. The number of anilines is 1. The lowest BCUT2D eigenvalue weighted by molar-refractivity contribution is -0.116. The normalized spacial score (nSPS) is 10.6. The van der Waals surface area contributed by atoms with Crippen molar-refractivity contribution < 1.29 is 4.79 Å². The molecule has 15 heavy (non-hydrogen) atoms. The Hall–Kier alpha value is -1.77. The Morgan fingerprint density at radius 3 is 2.73 bits per heavy atom. The third-order valence-electron chi connectivity index (χ3n) is 2.73. The molecule has 0 unspecified atom stereocenters. The molecule has 0 aliphatic carbocycles. The summed E-state index contributed by atoms with van der Waals surface area (Å²) in [5.41, 5.74) is 2.11. The first-order chi connectivity index (χ1) is 7.09. The Bertz CT molecular complexity index is 513. The predicted octanol–water partition coefficient (Wildman–Crippen LogP) is 2.16. The zero-order valence-electron chi connectivity index (χ0n) is 9.19. The number of fused-ring (bicyclic) bond motifs is 1. The van der Waals surface area contributed by atoms with E-state index < -0.39 is 0 Å². The Labute approximate surface area is 88.9 Å². The fraction of sp³-hybridized carbons (Fsp3) is 0.250. The van der Waals surface area contributed by atoms with E-state index in [1.807, 2.05) is 37.5 Å². The Balaban J connectivity index is 2.52. The summed E-state index contributed by atoms with van der Waals surface area (Å²) in [6, 6.07) is 8.07. The van der Waals surface area contributed by atoms with Crippen molar-refractivity contribution >= 4 is 22.5 Å². The van der Waals surface area contributed by atoms with Crippen molar-refractivity contribution in [2.75, 3.05) is 11.9 Å². The maximum Gasteiger partial charge on any atom is 0.223 e. The summed E-state index contributed by atoms with van der Waals surface area (Å²) in [7, 11) is 3.79. The second-order valence-corrected chi connectivity index (χ2v) is 3.75. The molecule has 0 N–H and O–H groups in total. The zero-order valence-corrected chi connectivity index (χ0v) is 9.19. The van der Waals surface area contributed by atoms with E-state index in [-0.39, 0.29) is 5.91 Å².